The molecule has 0 N–H and O–H groups in total. The minimum atomic E-state index is -1.92. The van der Waals surface area contributed by atoms with E-state index in [9.17, 15) is 0 Å². The van der Waals surface area contributed by atoms with E-state index in [0.717, 1.165) is 101 Å². The fourth-order valence-corrected chi connectivity index (χ4v) is 9.76. The van der Waals surface area contributed by atoms with Gasteiger partial charge in [-0.3, -0.25) is 14.6 Å². The van der Waals surface area contributed by atoms with Crippen LogP contribution >= 0.6 is 22.6 Å². The number of fused-ring (bicyclic) bond motifs is 1. The molecule has 0 bridgehead atoms. The van der Waals surface area contributed by atoms with Crippen LogP contribution < -0.4 is 9.47 Å². The Balaban J connectivity index is 1.18. The van der Waals surface area contributed by atoms with E-state index in [0.29, 0.717) is 38.1 Å². The van der Waals surface area contributed by atoms with Crippen molar-refractivity contribution in [2.75, 3.05) is 39.8 Å². The number of nitrogens with zero attached hydrogens (tertiary/aromatic N) is 8. The summed E-state index contributed by atoms with van der Waals surface area (Å²) in [4.78, 5) is 7.47. The summed E-state index contributed by atoms with van der Waals surface area (Å²) in [6, 6.07) is 3.40. The van der Waals surface area contributed by atoms with E-state index in [1.54, 1.807) is 6.08 Å². The van der Waals surface area contributed by atoms with Crippen molar-refractivity contribution in [2.45, 2.75) is 129 Å². The number of pyridine rings is 1. The van der Waals surface area contributed by atoms with Crippen LogP contribution in [0.2, 0.25) is 43.8 Å². The summed E-state index contributed by atoms with van der Waals surface area (Å²) in [5.74, 6) is 1.33. The molecule has 57 heavy (non-hydrogen) atoms. The van der Waals surface area contributed by atoms with Gasteiger partial charge in [0.2, 0.25) is 11.8 Å². The molecule has 13 nitrogen and oxygen atoms in total. The lowest BCUT2D eigenvalue weighted by Crippen LogP contribution is -2.41. The van der Waals surface area contributed by atoms with Crippen molar-refractivity contribution >= 4 is 56.0 Å². The van der Waals surface area contributed by atoms with Crippen molar-refractivity contribution in [2.24, 2.45) is 7.05 Å². The van der Waals surface area contributed by atoms with E-state index < -0.39 is 16.4 Å². The van der Waals surface area contributed by atoms with Crippen LogP contribution in [0.5, 0.6) is 11.8 Å². The maximum atomic E-state index is 6.74. The van der Waals surface area contributed by atoms with Crippen LogP contribution in [0.25, 0.3) is 28.2 Å². The second kappa shape index (κ2) is 18.3. The van der Waals surface area contributed by atoms with Crippen molar-refractivity contribution in [3.63, 3.8) is 0 Å². The molecule has 0 aliphatic carbocycles. The van der Waals surface area contributed by atoms with Crippen molar-refractivity contribution < 1.29 is 23.4 Å². The SMILES string of the molecule is C=Cc1nn(C2CCCCO2)c2cnc(-c3c(C)nn(C)c3OC[C@H]3CCCN3Cc3c(I)c(OCOCC[Si](C)(C)C)nn3CCO[Si](C)(C)C(C)(C)C)cc12. The van der Waals surface area contributed by atoms with Gasteiger partial charge in [0.25, 0.3) is 0 Å². The van der Waals surface area contributed by atoms with Gasteiger partial charge in [0.1, 0.15) is 6.61 Å². The summed E-state index contributed by atoms with van der Waals surface area (Å²) in [7, 11) is -1.17. The highest BCUT2D eigenvalue weighted by Gasteiger charge is 2.37. The van der Waals surface area contributed by atoms with Crippen LogP contribution in [-0.2, 0) is 34.0 Å². The lowest BCUT2D eigenvalue weighted by Gasteiger charge is -2.36. The van der Waals surface area contributed by atoms with Gasteiger partial charge in [-0.25, -0.2) is 9.36 Å². The van der Waals surface area contributed by atoms with Crippen LogP contribution in [-0.4, -0.2) is 101 Å². The highest BCUT2D eigenvalue weighted by molar-refractivity contribution is 14.1. The number of ether oxygens (including phenoxy) is 4. The number of hydrogen-bond donors (Lipinski definition) is 0. The highest BCUT2D eigenvalue weighted by atomic mass is 127. The van der Waals surface area contributed by atoms with E-state index in [2.05, 4.69) is 98.3 Å². The maximum absolute atomic E-state index is 6.74. The van der Waals surface area contributed by atoms with Crippen LogP contribution in [0.15, 0.2) is 18.8 Å². The largest absolute Gasteiger partial charge is 0.476 e. The topological polar surface area (TPSA) is 116 Å². The van der Waals surface area contributed by atoms with Gasteiger partial charge in [0, 0.05) is 46.3 Å². The quantitative estimate of drug-likeness (QED) is 0.0415. The molecular weight excluding hydrogens is 868 g/mol. The molecule has 0 saturated carbocycles. The van der Waals surface area contributed by atoms with E-state index >= 15 is 0 Å². The van der Waals surface area contributed by atoms with Crippen molar-refractivity contribution in [3.05, 3.63) is 39.5 Å². The maximum Gasteiger partial charge on any atom is 0.248 e. The summed E-state index contributed by atoms with van der Waals surface area (Å²) in [5, 5.41) is 15.8. The molecule has 2 atom stereocenters. The third kappa shape index (κ3) is 10.4. The number of likely N-dealkylation sites (tertiary alicyclic amines) is 1. The van der Waals surface area contributed by atoms with Gasteiger partial charge < -0.3 is 23.4 Å². The fourth-order valence-electron chi connectivity index (χ4n) is 7.26. The Morgan fingerprint density at radius 1 is 1.04 bits per heavy atom. The number of rotatable bonds is 18. The van der Waals surface area contributed by atoms with Crippen molar-refractivity contribution in [1.29, 1.82) is 0 Å². The lowest BCUT2D eigenvalue weighted by atomic mass is 10.1. The first-order chi connectivity index (χ1) is 27.0. The van der Waals surface area contributed by atoms with E-state index in [4.69, 9.17) is 43.7 Å². The molecule has 2 aliphatic heterocycles. The molecule has 2 saturated heterocycles. The molecule has 6 rings (SSSR count). The average molecular weight is 933 g/mol. The zero-order valence-corrected chi connectivity index (χ0v) is 40.1. The fraction of sp³-hybridized carbons (Fsp3) is 0.659. The zero-order valence-electron chi connectivity index (χ0n) is 36.0. The number of halogens is 1. The monoisotopic (exact) mass is 932 g/mol. The smallest absolute Gasteiger partial charge is 0.248 e. The van der Waals surface area contributed by atoms with Gasteiger partial charge in [-0.2, -0.15) is 10.2 Å². The number of hydrogen-bond acceptors (Lipinski definition) is 10. The van der Waals surface area contributed by atoms with Gasteiger partial charge in [-0.05, 0) is 104 Å². The molecule has 0 amide bonds. The molecule has 6 heterocycles. The summed E-state index contributed by atoms with van der Waals surface area (Å²) >= 11 is 2.40. The molecule has 16 heteroatoms. The Hall–Kier alpha value is -2.62. The molecule has 0 radical (unpaired) electrons. The van der Waals surface area contributed by atoms with Gasteiger partial charge in [-0.1, -0.05) is 47.0 Å². The first-order valence-corrected chi connectivity index (χ1v) is 28.3. The second-order valence-corrected chi connectivity index (χ2v) is 29.8. The molecule has 0 spiro atoms. The Morgan fingerprint density at radius 3 is 2.53 bits per heavy atom. The molecule has 1 unspecified atom stereocenters. The minimum Gasteiger partial charge on any atom is -0.476 e. The summed E-state index contributed by atoms with van der Waals surface area (Å²) in [6.07, 6.45) is 8.88. The average Bonchev–Trinajstić information content (AvgIpc) is 3.90. The minimum absolute atomic E-state index is 0.0914. The zero-order chi connectivity index (χ0) is 41.1. The van der Waals surface area contributed by atoms with Crippen LogP contribution in [0, 0.1) is 10.5 Å². The summed E-state index contributed by atoms with van der Waals surface area (Å²) < 4.78 is 38.4. The second-order valence-electron chi connectivity index (χ2n) is 18.3. The first kappa shape index (κ1) is 43.9. The molecule has 4 aromatic rings. The molecule has 2 fully saturated rings. The lowest BCUT2D eigenvalue weighted by molar-refractivity contribution is -0.0367. The standard InChI is InChI=1S/C41H65IN8O5Si2/c1-12-32-31-24-33(43-25-34(31)50(45-32)36-17-13-14-20-52-36)37-29(2)44-47(6)40(37)53-27-30-16-15-18-48(30)26-35-38(42)39(54-28-51-22-23-56(7,8)9)46-49(35)19-21-55-57(10,11)41(3,4)5/h12,24-25,30,36H,1,13-23,26-28H2,2-11H3/t30-,36?/m1/s1. The van der Waals surface area contributed by atoms with Crippen molar-refractivity contribution in [1.82, 2.24) is 39.2 Å². The normalized spacial score (nSPS) is 18.5. The van der Waals surface area contributed by atoms with Gasteiger partial charge in [0.15, 0.2) is 21.3 Å². The molecule has 2 aliphatic rings. The number of aryl methyl sites for hydroxylation is 2. The van der Waals surface area contributed by atoms with E-state index in [1.807, 2.05) is 29.5 Å². The molecule has 4 aromatic heterocycles. The number of aromatic nitrogens is 7. The van der Waals surface area contributed by atoms with Gasteiger partial charge in [0.05, 0.1) is 56.8 Å². The Labute approximate surface area is 355 Å². The molecular formula is C41H65IN8O5Si2. The van der Waals surface area contributed by atoms with Crippen LogP contribution in [0.1, 0.15) is 76.2 Å². The van der Waals surface area contributed by atoms with Crippen molar-refractivity contribution in [3.8, 4) is 23.0 Å². The summed E-state index contributed by atoms with van der Waals surface area (Å²) in [6.45, 7) is 29.7. The Kier molecular flexibility index (Phi) is 14.1. The van der Waals surface area contributed by atoms with Gasteiger partial charge >= 0.3 is 0 Å². The third-order valence-electron chi connectivity index (χ3n) is 11.7. The van der Waals surface area contributed by atoms with E-state index in [1.165, 1.54) is 0 Å². The van der Waals surface area contributed by atoms with E-state index in [-0.39, 0.29) is 24.1 Å². The predicted octanol–water partition coefficient (Wildman–Crippen LogP) is 9.04. The van der Waals surface area contributed by atoms with Gasteiger partial charge in [-0.15, -0.1) is 5.10 Å². The summed E-state index contributed by atoms with van der Waals surface area (Å²) in [5.41, 5.74) is 5.44. The van der Waals surface area contributed by atoms with Crippen LogP contribution in [0.4, 0.5) is 0 Å². The Morgan fingerprint density at radius 2 is 1.82 bits per heavy atom. The Bertz CT molecular complexity index is 1990. The molecule has 314 valence electrons. The first-order valence-electron chi connectivity index (χ1n) is 20.6. The third-order valence-corrected chi connectivity index (χ3v) is 19.1. The van der Waals surface area contributed by atoms with Crippen LogP contribution in [0.3, 0.4) is 0 Å². The predicted molar refractivity (Wildman–Crippen MR) is 240 cm³/mol. The highest BCUT2D eigenvalue weighted by Crippen LogP contribution is 2.38. The molecule has 0 aromatic carbocycles.